The Kier molecular flexibility index (Phi) is 4.62. The number of rotatable bonds is 4. The van der Waals surface area contributed by atoms with E-state index in [0.29, 0.717) is 17.9 Å². The maximum absolute atomic E-state index is 12.5. The topological polar surface area (TPSA) is 104 Å². The zero-order valence-corrected chi connectivity index (χ0v) is 16.5. The molecule has 0 aromatic heterocycles. The summed E-state index contributed by atoms with van der Waals surface area (Å²) in [6.45, 7) is -0.0303. The van der Waals surface area contributed by atoms with Crippen LogP contribution in [-0.2, 0) is 21.2 Å². The lowest BCUT2D eigenvalue weighted by Gasteiger charge is -2.29. The summed E-state index contributed by atoms with van der Waals surface area (Å²) in [5.41, 5.74) is 2.39. The van der Waals surface area contributed by atoms with Gasteiger partial charge in [0.25, 0.3) is 11.8 Å². The molecule has 0 spiro atoms. The Morgan fingerprint density at radius 3 is 2.34 bits per heavy atom. The molecule has 8 nitrogen and oxygen atoms in total. The number of aryl methyl sites for hydroxylation is 1. The van der Waals surface area contributed by atoms with Crippen LogP contribution in [0.5, 0.6) is 0 Å². The van der Waals surface area contributed by atoms with Gasteiger partial charge in [0.1, 0.15) is 6.54 Å². The van der Waals surface area contributed by atoms with Gasteiger partial charge in [-0.25, -0.2) is 8.42 Å². The van der Waals surface area contributed by atoms with Crippen molar-refractivity contribution in [2.24, 2.45) is 0 Å². The summed E-state index contributed by atoms with van der Waals surface area (Å²) in [4.78, 5) is 38.2. The second kappa shape index (κ2) is 7.00. The number of benzene rings is 2. The van der Waals surface area contributed by atoms with Gasteiger partial charge < -0.3 is 5.32 Å². The fourth-order valence-corrected chi connectivity index (χ4v) is 4.68. The van der Waals surface area contributed by atoms with Crippen LogP contribution in [0, 0.1) is 0 Å². The fraction of sp³-hybridized carbons (Fsp3) is 0.250. The van der Waals surface area contributed by atoms with E-state index in [4.69, 9.17) is 0 Å². The van der Waals surface area contributed by atoms with Crippen molar-refractivity contribution in [2.45, 2.75) is 12.8 Å². The monoisotopic (exact) mass is 413 g/mol. The average Bonchev–Trinajstić information content (AvgIpc) is 2.92. The van der Waals surface area contributed by atoms with E-state index < -0.39 is 34.3 Å². The van der Waals surface area contributed by atoms with Gasteiger partial charge in [0.15, 0.2) is 0 Å². The molecule has 2 aliphatic rings. The van der Waals surface area contributed by atoms with Crippen molar-refractivity contribution in [1.82, 2.24) is 4.90 Å². The molecule has 0 atom stereocenters. The van der Waals surface area contributed by atoms with Gasteiger partial charge in [0.2, 0.25) is 15.9 Å². The van der Waals surface area contributed by atoms with Crippen LogP contribution in [0.3, 0.4) is 0 Å². The quantitative estimate of drug-likeness (QED) is 0.768. The molecule has 0 bridgehead atoms. The first kappa shape index (κ1) is 19.1. The van der Waals surface area contributed by atoms with Crippen LogP contribution >= 0.6 is 0 Å². The van der Waals surface area contributed by atoms with Crippen LogP contribution < -0.4 is 9.62 Å². The highest BCUT2D eigenvalue weighted by Crippen LogP contribution is 2.31. The molecule has 0 saturated carbocycles. The van der Waals surface area contributed by atoms with Crippen molar-refractivity contribution >= 4 is 39.1 Å². The fourth-order valence-electron chi connectivity index (χ4n) is 3.69. The molecular weight excluding hydrogens is 394 g/mol. The number of carbonyl (C=O) groups is 3. The molecule has 9 heteroatoms. The van der Waals surface area contributed by atoms with Crippen molar-refractivity contribution in [3.8, 4) is 0 Å². The summed E-state index contributed by atoms with van der Waals surface area (Å²) in [7, 11) is -3.43. The molecule has 0 unspecified atom stereocenters. The van der Waals surface area contributed by atoms with Crippen LogP contribution in [0.4, 0.5) is 11.4 Å². The van der Waals surface area contributed by atoms with Crippen LogP contribution in [0.25, 0.3) is 0 Å². The molecule has 4 rings (SSSR count). The normalized spacial score (nSPS) is 15.9. The van der Waals surface area contributed by atoms with Gasteiger partial charge in [-0.2, -0.15) is 0 Å². The van der Waals surface area contributed by atoms with E-state index in [1.165, 1.54) is 4.31 Å². The number of hydrogen-bond acceptors (Lipinski definition) is 5. The van der Waals surface area contributed by atoms with Crippen molar-refractivity contribution < 1.29 is 22.8 Å². The number of carbonyl (C=O) groups excluding carboxylic acids is 3. The zero-order valence-electron chi connectivity index (χ0n) is 15.7. The second-order valence-corrected chi connectivity index (χ2v) is 8.98. The van der Waals surface area contributed by atoms with Crippen LogP contribution in [-0.4, -0.2) is 50.4 Å². The minimum absolute atomic E-state index is 0.280. The highest BCUT2D eigenvalue weighted by Gasteiger charge is 2.36. The maximum atomic E-state index is 12.5. The van der Waals surface area contributed by atoms with Crippen LogP contribution in [0.2, 0.25) is 0 Å². The first-order valence-corrected chi connectivity index (χ1v) is 11.0. The molecule has 0 saturated heterocycles. The summed E-state index contributed by atoms with van der Waals surface area (Å²) >= 11 is 0. The highest BCUT2D eigenvalue weighted by molar-refractivity contribution is 7.92. The maximum Gasteiger partial charge on any atom is 0.262 e. The average molecular weight is 413 g/mol. The van der Waals surface area contributed by atoms with Crippen LogP contribution in [0.1, 0.15) is 32.7 Å². The third-order valence-corrected chi connectivity index (χ3v) is 6.21. The SMILES string of the molecule is CS(=O)(=O)N1CCCc2ccc(NC(=O)CN3C(=O)c4ccccc4C3=O)cc21. The number of nitrogens with zero attached hydrogens (tertiary/aromatic N) is 2. The number of fused-ring (bicyclic) bond motifs is 2. The van der Waals surface area contributed by atoms with Gasteiger partial charge in [-0.1, -0.05) is 18.2 Å². The molecule has 0 fully saturated rings. The lowest BCUT2D eigenvalue weighted by molar-refractivity contribution is -0.116. The molecule has 1 N–H and O–H groups in total. The standard InChI is InChI=1S/C20H19N3O5S/c1-29(27,28)23-10-4-5-13-8-9-14(11-17(13)23)21-18(24)12-22-19(25)15-6-2-3-7-16(15)20(22)26/h2-3,6-9,11H,4-5,10,12H2,1H3,(H,21,24). The third kappa shape index (κ3) is 3.49. The van der Waals surface area contributed by atoms with Crippen molar-refractivity contribution in [3.05, 3.63) is 59.2 Å². The third-order valence-electron chi connectivity index (χ3n) is 5.03. The molecule has 150 valence electrons. The van der Waals surface area contributed by atoms with Crippen molar-refractivity contribution in [2.75, 3.05) is 29.0 Å². The van der Waals surface area contributed by atoms with E-state index in [9.17, 15) is 22.8 Å². The highest BCUT2D eigenvalue weighted by atomic mass is 32.2. The summed E-state index contributed by atoms with van der Waals surface area (Å²) in [6.07, 6.45) is 2.63. The number of amides is 3. The number of sulfonamides is 1. The van der Waals surface area contributed by atoms with Crippen LogP contribution in [0.15, 0.2) is 42.5 Å². The Morgan fingerprint density at radius 1 is 1.07 bits per heavy atom. The molecule has 2 aromatic rings. The van der Waals surface area contributed by atoms with E-state index in [1.54, 1.807) is 42.5 Å². The summed E-state index contributed by atoms with van der Waals surface area (Å²) in [5.74, 6) is -1.55. The van der Waals surface area contributed by atoms with E-state index >= 15 is 0 Å². The molecule has 0 radical (unpaired) electrons. The van der Waals surface area contributed by atoms with Gasteiger partial charge in [-0.05, 0) is 42.7 Å². The minimum atomic E-state index is -3.43. The summed E-state index contributed by atoms with van der Waals surface area (Å²) in [6, 6.07) is 11.5. The van der Waals surface area contributed by atoms with Gasteiger partial charge in [0.05, 0.1) is 23.1 Å². The summed E-state index contributed by atoms with van der Waals surface area (Å²) in [5, 5.41) is 2.65. The second-order valence-electron chi connectivity index (χ2n) is 7.07. The van der Waals surface area contributed by atoms with Crippen molar-refractivity contribution in [3.63, 3.8) is 0 Å². The number of anilines is 2. The number of nitrogens with one attached hydrogen (secondary N) is 1. The molecule has 29 heavy (non-hydrogen) atoms. The van der Waals surface area contributed by atoms with E-state index in [0.717, 1.165) is 29.6 Å². The lowest BCUT2D eigenvalue weighted by Crippen LogP contribution is -2.37. The minimum Gasteiger partial charge on any atom is -0.324 e. The smallest absolute Gasteiger partial charge is 0.262 e. The van der Waals surface area contributed by atoms with E-state index in [-0.39, 0.29) is 11.1 Å². The molecular formula is C20H19N3O5S. The van der Waals surface area contributed by atoms with E-state index in [2.05, 4.69) is 5.32 Å². The molecule has 2 aliphatic heterocycles. The Labute approximate surface area is 168 Å². The predicted molar refractivity (Wildman–Crippen MR) is 107 cm³/mol. The van der Waals surface area contributed by atoms with Gasteiger partial charge in [-0.3, -0.25) is 23.6 Å². The van der Waals surface area contributed by atoms with Gasteiger partial charge >= 0.3 is 0 Å². The van der Waals surface area contributed by atoms with E-state index in [1.807, 2.05) is 0 Å². The Bertz CT molecular complexity index is 1110. The zero-order chi connectivity index (χ0) is 20.8. The van der Waals surface area contributed by atoms with Gasteiger partial charge in [0, 0.05) is 12.2 Å². The predicted octanol–water partition coefficient (Wildman–Crippen LogP) is 1.63. The largest absolute Gasteiger partial charge is 0.324 e. The number of imide groups is 1. The molecule has 0 aliphatic carbocycles. The lowest BCUT2D eigenvalue weighted by atomic mass is 10.0. The Balaban J connectivity index is 1.52. The molecule has 2 aromatic carbocycles. The Hall–Kier alpha value is -3.20. The van der Waals surface area contributed by atoms with Gasteiger partial charge in [-0.15, -0.1) is 0 Å². The first-order chi connectivity index (χ1) is 13.8. The number of hydrogen-bond donors (Lipinski definition) is 1. The first-order valence-electron chi connectivity index (χ1n) is 9.11. The van der Waals surface area contributed by atoms with Crippen molar-refractivity contribution in [1.29, 1.82) is 0 Å². The molecule has 2 heterocycles. The Morgan fingerprint density at radius 2 is 1.72 bits per heavy atom. The molecule has 3 amide bonds. The summed E-state index contributed by atoms with van der Waals surface area (Å²) < 4.78 is 25.4.